The Balaban J connectivity index is 1.77. The fraction of sp³-hybridized carbons (Fsp3) is 0.174. The summed E-state index contributed by atoms with van der Waals surface area (Å²) in [5, 5.41) is 3.11. The van der Waals surface area contributed by atoms with Gasteiger partial charge >= 0.3 is 0 Å². The van der Waals surface area contributed by atoms with Gasteiger partial charge in [0.25, 0.3) is 5.91 Å². The number of hydrogen-bond acceptors (Lipinski definition) is 3. The maximum absolute atomic E-state index is 12.8. The van der Waals surface area contributed by atoms with Gasteiger partial charge in [-0.2, -0.15) is 0 Å². The summed E-state index contributed by atoms with van der Waals surface area (Å²) in [6, 6.07) is 26.4. The van der Waals surface area contributed by atoms with E-state index in [0.29, 0.717) is 17.5 Å². The average Bonchev–Trinajstić information content (AvgIpc) is 2.68. The highest BCUT2D eigenvalue weighted by Crippen LogP contribution is 2.19. The van der Waals surface area contributed by atoms with E-state index in [9.17, 15) is 13.2 Å². The molecule has 0 bridgehead atoms. The van der Waals surface area contributed by atoms with Gasteiger partial charge in [-0.15, -0.1) is 0 Å². The molecule has 5 heteroatoms. The van der Waals surface area contributed by atoms with Crippen LogP contribution in [-0.4, -0.2) is 20.6 Å². The number of carbonyl (C=O) groups is 1. The lowest BCUT2D eigenvalue weighted by atomic mass is 9.98. The van der Waals surface area contributed by atoms with Crippen LogP contribution in [0.3, 0.4) is 0 Å². The van der Waals surface area contributed by atoms with Crippen molar-refractivity contribution < 1.29 is 13.2 Å². The number of benzene rings is 3. The molecule has 144 valence electrons. The first-order chi connectivity index (χ1) is 13.4. The first-order valence-electron chi connectivity index (χ1n) is 9.07. The molecule has 0 aliphatic heterocycles. The van der Waals surface area contributed by atoms with E-state index < -0.39 is 9.84 Å². The minimum atomic E-state index is -3.10. The highest BCUT2D eigenvalue weighted by molar-refractivity contribution is 7.89. The van der Waals surface area contributed by atoms with Crippen molar-refractivity contribution in [2.75, 3.05) is 6.26 Å². The molecule has 0 heterocycles. The molecule has 1 amide bonds. The number of hydrogen-bond donors (Lipinski definition) is 1. The largest absolute Gasteiger partial charge is 0.345 e. The summed E-state index contributed by atoms with van der Waals surface area (Å²) in [6.07, 6.45) is 1.88. The lowest BCUT2D eigenvalue weighted by Crippen LogP contribution is -2.30. The van der Waals surface area contributed by atoms with E-state index in [2.05, 4.69) is 5.32 Å². The summed E-state index contributed by atoms with van der Waals surface area (Å²) < 4.78 is 22.8. The van der Waals surface area contributed by atoms with Crippen LogP contribution in [0.5, 0.6) is 0 Å². The molecule has 0 aromatic heterocycles. The molecule has 3 rings (SSSR count). The first kappa shape index (κ1) is 19.8. The fourth-order valence-electron chi connectivity index (χ4n) is 3.08. The molecule has 28 heavy (non-hydrogen) atoms. The molecule has 0 spiro atoms. The van der Waals surface area contributed by atoms with Crippen molar-refractivity contribution in [1.82, 2.24) is 5.32 Å². The number of carbonyl (C=O) groups excluding carboxylic acids is 1. The van der Waals surface area contributed by atoms with Gasteiger partial charge in [0, 0.05) is 11.8 Å². The molecule has 0 radical (unpaired) electrons. The van der Waals surface area contributed by atoms with E-state index >= 15 is 0 Å². The molecular weight excluding hydrogens is 370 g/mol. The van der Waals surface area contributed by atoms with Crippen LogP contribution < -0.4 is 5.32 Å². The van der Waals surface area contributed by atoms with Gasteiger partial charge in [-0.25, -0.2) is 8.42 Å². The minimum Gasteiger partial charge on any atom is -0.345 e. The molecule has 0 saturated carbocycles. The highest BCUT2D eigenvalue weighted by Gasteiger charge is 2.16. The third kappa shape index (κ3) is 5.79. The van der Waals surface area contributed by atoms with Gasteiger partial charge < -0.3 is 5.32 Å². The highest BCUT2D eigenvalue weighted by atomic mass is 32.2. The van der Waals surface area contributed by atoms with Crippen LogP contribution in [0.2, 0.25) is 0 Å². The van der Waals surface area contributed by atoms with Crippen molar-refractivity contribution in [3.05, 3.63) is 107 Å². The predicted molar refractivity (Wildman–Crippen MR) is 112 cm³/mol. The van der Waals surface area contributed by atoms with Crippen LogP contribution in [-0.2, 0) is 22.0 Å². The topological polar surface area (TPSA) is 63.2 Å². The van der Waals surface area contributed by atoms with Crippen LogP contribution in [0, 0.1) is 0 Å². The molecule has 0 aliphatic carbocycles. The SMILES string of the molecule is CS(=O)(=O)Cc1ccc(C(=O)NC(Cc2ccccc2)c2ccccc2)cc1. The number of amides is 1. The fourth-order valence-corrected chi connectivity index (χ4v) is 3.88. The minimum absolute atomic E-state index is 0.0322. The van der Waals surface area contributed by atoms with E-state index in [4.69, 9.17) is 0 Å². The summed E-state index contributed by atoms with van der Waals surface area (Å²) in [4.78, 5) is 12.8. The molecule has 0 aliphatic rings. The molecule has 1 unspecified atom stereocenters. The Kier molecular flexibility index (Phi) is 6.26. The van der Waals surface area contributed by atoms with Crippen LogP contribution >= 0.6 is 0 Å². The van der Waals surface area contributed by atoms with E-state index in [1.807, 2.05) is 60.7 Å². The molecule has 3 aromatic carbocycles. The van der Waals surface area contributed by atoms with Crippen molar-refractivity contribution in [3.63, 3.8) is 0 Å². The Hall–Kier alpha value is -2.92. The Labute approximate surface area is 166 Å². The van der Waals surface area contributed by atoms with E-state index in [1.165, 1.54) is 6.26 Å². The van der Waals surface area contributed by atoms with Crippen molar-refractivity contribution in [3.8, 4) is 0 Å². The summed E-state index contributed by atoms with van der Waals surface area (Å²) in [6.45, 7) is 0. The quantitative estimate of drug-likeness (QED) is 0.661. The maximum atomic E-state index is 12.8. The van der Waals surface area contributed by atoms with Crippen molar-refractivity contribution >= 4 is 15.7 Å². The van der Waals surface area contributed by atoms with E-state index in [0.717, 1.165) is 11.1 Å². The molecule has 1 atom stereocenters. The average molecular weight is 394 g/mol. The second-order valence-corrected chi connectivity index (χ2v) is 9.03. The number of sulfone groups is 1. The smallest absolute Gasteiger partial charge is 0.251 e. The summed E-state index contributed by atoms with van der Waals surface area (Å²) >= 11 is 0. The van der Waals surface area contributed by atoms with Crippen molar-refractivity contribution in [1.29, 1.82) is 0 Å². The zero-order valence-electron chi connectivity index (χ0n) is 15.7. The Bertz CT molecular complexity index is 1010. The van der Waals surface area contributed by atoms with Gasteiger partial charge in [0.1, 0.15) is 0 Å². The van der Waals surface area contributed by atoms with Crippen molar-refractivity contribution in [2.24, 2.45) is 0 Å². The second-order valence-electron chi connectivity index (χ2n) is 6.89. The monoisotopic (exact) mass is 393 g/mol. The van der Waals surface area contributed by atoms with Gasteiger partial charge in [-0.3, -0.25) is 4.79 Å². The second kappa shape index (κ2) is 8.85. The number of nitrogens with one attached hydrogen (secondary N) is 1. The Morgan fingerprint density at radius 1 is 0.821 bits per heavy atom. The molecule has 0 fully saturated rings. The van der Waals surface area contributed by atoms with Gasteiger partial charge in [0.2, 0.25) is 0 Å². The molecule has 3 aromatic rings. The summed E-state index contributed by atoms with van der Waals surface area (Å²) in [7, 11) is -3.10. The maximum Gasteiger partial charge on any atom is 0.251 e. The summed E-state index contributed by atoms with van der Waals surface area (Å²) in [5.74, 6) is -0.217. The van der Waals surface area contributed by atoms with Gasteiger partial charge in [0.05, 0.1) is 11.8 Å². The summed E-state index contributed by atoms with van der Waals surface area (Å²) in [5.41, 5.74) is 3.35. The predicted octanol–water partition coefficient (Wildman–Crippen LogP) is 3.95. The van der Waals surface area contributed by atoms with Crippen LogP contribution in [0.15, 0.2) is 84.9 Å². The van der Waals surface area contributed by atoms with Gasteiger partial charge in [0.15, 0.2) is 9.84 Å². The number of rotatable bonds is 7. The third-order valence-electron chi connectivity index (χ3n) is 4.43. The standard InChI is InChI=1S/C23H23NO3S/c1-28(26,27)17-19-12-14-21(15-13-19)23(25)24-22(20-10-6-3-7-11-20)16-18-8-4-2-5-9-18/h2-15,22H,16-17H2,1H3,(H,24,25). The van der Waals surface area contributed by atoms with E-state index in [1.54, 1.807) is 24.3 Å². The Morgan fingerprint density at radius 3 is 1.96 bits per heavy atom. The lowest BCUT2D eigenvalue weighted by molar-refractivity contribution is 0.0936. The molecule has 4 nitrogen and oxygen atoms in total. The van der Waals surface area contributed by atoms with Crippen LogP contribution in [0.25, 0.3) is 0 Å². The van der Waals surface area contributed by atoms with Crippen LogP contribution in [0.4, 0.5) is 0 Å². The third-order valence-corrected chi connectivity index (χ3v) is 5.29. The zero-order chi connectivity index (χ0) is 20.0. The van der Waals surface area contributed by atoms with Crippen LogP contribution in [0.1, 0.15) is 33.1 Å². The lowest BCUT2D eigenvalue weighted by Gasteiger charge is -2.20. The van der Waals surface area contributed by atoms with Gasteiger partial charge in [-0.05, 0) is 35.2 Å². The molecule has 1 N–H and O–H groups in total. The zero-order valence-corrected chi connectivity index (χ0v) is 16.5. The molecule has 0 saturated heterocycles. The normalized spacial score (nSPS) is 12.3. The van der Waals surface area contributed by atoms with Gasteiger partial charge in [-0.1, -0.05) is 72.8 Å². The molecular formula is C23H23NO3S. The van der Waals surface area contributed by atoms with E-state index in [-0.39, 0.29) is 17.7 Å². The first-order valence-corrected chi connectivity index (χ1v) is 11.1. The van der Waals surface area contributed by atoms with Crippen molar-refractivity contribution in [2.45, 2.75) is 18.2 Å². The Morgan fingerprint density at radius 2 is 1.39 bits per heavy atom.